The van der Waals surface area contributed by atoms with Crippen molar-refractivity contribution in [3.05, 3.63) is 28.8 Å². The van der Waals surface area contributed by atoms with Crippen molar-refractivity contribution < 1.29 is 8.42 Å². The van der Waals surface area contributed by atoms with Crippen LogP contribution in [0.25, 0.3) is 0 Å². The number of sulfone groups is 1. The van der Waals surface area contributed by atoms with E-state index in [1.54, 1.807) is 13.0 Å². The number of hydrogen-bond donors (Lipinski definition) is 1. The molecule has 5 heteroatoms. The largest absolute Gasteiger partial charge is 0.383 e. The van der Waals surface area contributed by atoms with Crippen LogP contribution in [-0.4, -0.2) is 26.5 Å². The van der Waals surface area contributed by atoms with Crippen molar-refractivity contribution in [1.82, 2.24) is 0 Å². The van der Waals surface area contributed by atoms with Gasteiger partial charge < -0.3 is 5.32 Å². The first-order chi connectivity index (χ1) is 7.44. The highest BCUT2D eigenvalue weighted by molar-refractivity contribution is 7.91. The molecule has 90 valence electrons. The van der Waals surface area contributed by atoms with Gasteiger partial charge >= 0.3 is 0 Å². The minimum Gasteiger partial charge on any atom is -0.383 e. The Hall–Kier alpha value is -0.740. The van der Waals surface area contributed by atoms with Crippen LogP contribution in [0.3, 0.4) is 0 Å². The molecule has 0 unspecified atom stereocenters. The molecule has 1 rings (SSSR count). The Kier molecular flexibility index (Phi) is 4.62. The van der Waals surface area contributed by atoms with Crippen molar-refractivity contribution in [3.63, 3.8) is 0 Å². The van der Waals surface area contributed by atoms with E-state index in [-0.39, 0.29) is 11.5 Å². The minimum absolute atomic E-state index is 0.133. The number of halogens is 1. The Balaban J connectivity index is 2.59. The second kappa shape index (κ2) is 5.55. The van der Waals surface area contributed by atoms with Gasteiger partial charge in [0.15, 0.2) is 9.84 Å². The predicted octanol–water partition coefficient (Wildman–Crippen LogP) is 2.50. The average Bonchev–Trinajstić information content (AvgIpc) is 2.23. The molecule has 0 saturated carbocycles. The molecule has 0 radical (unpaired) electrons. The van der Waals surface area contributed by atoms with Crippen molar-refractivity contribution in [2.75, 3.05) is 23.4 Å². The zero-order valence-electron chi connectivity index (χ0n) is 9.46. The predicted molar refractivity (Wildman–Crippen MR) is 69.0 cm³/mol. The maximum atomic E-state index is 11.3. The highest BCUT2D eigenvalue weighted by atomic mass is 35.5. The maximum Gasteiger partial charge on any atom is 0.151 e. The van der Waals surface area contributed by atoms with Gasteiger partial charge in [0.05, 0.1) is 16.5 Å². The fourth-order valence-electron chi connectivity index (χ4n) is 1.26. The van der Waals surface area contributed by atoms with Gasteiger partial charge in [-0.05, 0) is 24.6 Å². The topological polar surface area (TPSA) is 46.2 Å². The van der Waals surface area contributed by atoms with Gasteiger partial charge in [0.1, 0.15) is 0 Å². The molecule has 1 aromatic carbocycles. The molecule has 3 nitrogen and oxygen atoms in total. The number of anilines is 1. The van der Waals surface area contributed by atoms with E-state index in [1.165, 1.54) is 0 Å². The molecule has 0 aliphatic heterocycles. The summed E-state index contributed by atoms with van der Waals surface area (Å²) in [5.74, 6) is 0.310. The van der Waals surface area contributed by atoms with E-state index < -0.39 is 9.84 Å². The standard InChI is InChI=1S/C11H16ClNO2S/c1-3-16(14,15)7-6-13-11-8-9(2)4-5-10(11)12/h4-5,8,13H,3,6-7H2,1-2H3. The lowest BCUT2D eigenvalue weighted by Crippen LogP contribution is -2.17. The molecule has 1 N–H and O–H groups in total. The molecule has 1 aromatic rings. The van der Waals surface area contributed by atoms with E-state index in [2.05, 4.69) is 5.32 Å². The molecule has 0 bridgehead atoms. The Morgan fingerprint density at radius 3 is 2.69 bits per heavy atom. The molecule has 0 aromatic heterocycles. The van der Waals surface area contributed by atoms with E-state index in [0.29, 0.717) is 11.6 Å². The zero-order valence-corrected chi connectivity index (χ0v) is 11.0. The van der Waals surface area contributed by atoms with Crippen LogP contribution >= 0.6 is 11.6 Å². The van der Waals surface area contributed by atoms with Crippen LogP contribution < -0.4 is 5.32 Å². The van der Waals surface area contributed by atoms with Crippen LogP contribution in [0.4, 0.5) is 5.69 Å². The third-order valence-electron chi connectivity index (χ3n) is 2.29. The van der Waals surface area contributed by atoms with Crippen LogP contribution in [0, 0.1) is 6.92 Å². The van der Waals surface area contributed by atoms with E-state index in [0.717, 1.165) is 11.3 Å². The van der Waals surface area contributed by atoms with Crippen LogP contribution in [0.5, 0.6) is 0 Å². The highest BCUT2D eigenvalue weighted by Crippen LogP contribution is 2.22. The van der Waals surface area contributed by atoms with Crippen molar-refractivity contribution >= 4 is 27.1 Å². The summed E-state index contributed by atoms with van der Waals surface area (Å²) in [5.41, 5.74) is 1.87. The number of benzene rings is 1. The summed E-state index contributed by atoms with van der Waals surface area (Å²) in [7, 11) is -2.92. The Bertz CT molecular complexity index is 457. The molecule has 0 spiro atoms. The first kappa shape index (κ1) is 13.3. The highest BCUT2D eigenvalue weighted by Gasteiger charge is 2.07. The molecule has 0 aliphatic rings. The van der Waals surface area contributed by atoms with Gasteiger partial charge in [-0.1, -0.05) is 24.6 Å². The van der Waals surface area contributed by atoms with Crippen molar-refractivity contribution in [2.24, 2.45) is 0 Å². The lowest BCUT2D eigenvalue weighted by atomic mass is 10.2. The van der Waals surface area contributed by atoms with Crippen LogP contribution in [0.15, 0.2) is 18.2 Å². The van der Waals surface area contributed by atoms with Gasteiger partial charge in [-0.15, -0.1) is 0 Å². The molecular weight excluding hydrogens is 246 g/mol. The molecule has 0 heterocycles. The van der Waals surface area contributed by atoms with Crippen molar-refractivity contribution in [3.8, 4) is 0 Å². The monoisotopic (exact) mass is 261 g/mol. The molecule has 0 atom stereocenters. The fourth-order valence-corrected chi connectivity index (χ4v) is 2.15. The lowest BCUT2D eigenvalue weighted by Gasteiger charge is -2.09. The summed E-state index contributed by atoms with van der Waals surface area (Å²) in [6, 6.07) is 5.62. The smallest absolute Gasteiger partial charge is 0.151 e. The van der Waals surface area contributed by atoms with Gasteiger partial charge in [0.2, 0.25) is 0 Å². The minimum atomic E-state index is -2.92. The maximum absolute atomic E-state index is 11.3. The van der Waals surface area contributed by atoms with E-state index in [9.17, 15) is 8.42 Å². The first-order valence-electron chi connectivity index (χ1n) is 5.15. The van der Waals surface area contributed by atoms with Gasteiger partial charge in [-0.2, -0.15) is 0 Å². The molecule has 0 fully saturated rings. The Morgan fingerprint density at radius 1 is 1.38 bits per heavy atom. The SMILES string of the molecule is CCS(=O)(=O)CCNc1cc(C)ccc1Cl. The summed E-state index contributed by atoms with van der Waals surface area (Å²) >= 11 is 5.97. The van der Waals surface area contributed by atoms with Crippen molar-refractivity contribution in [2.45, 2.75) is 13.8 Å². The molecular formula is C11H16ClNO2S. The summed E-state index contributed by atoms with van der Waals surface area (Å²) < 4.78 is 22.5. The molecule has 16 heavy (non-hydrogen) atoms. The fraction of sp³-hybridized carbons (Fsp3) is 0.455. The van der Waals surface area contributed by atoms with Gasteiger partial charge in [0.25, 0.3) is 0 Å². The van der Waals surface area contributed by atoms with Crippen LogP contribution in [0.2, 0.25) is 5.02 Å². The molecule has 0 aliphatic carbocycles. The molecule has 0 amide bonds. The van der Waals surface area contributed by atoms with E-state index >= 15 is 0 Å². The number of hydrogen-bond acceptors (Lipinski definition) is 3. The van der Waals surface area contributed by atoms with Gasteiger partial charge in [-0.25, -0.2) is 8.42 Å². The Morgan fingerprint density at radius 2 is 2.06 bits per heavy atom. The van der Waals surface area contributed by atoms with E-state index in [1.807, 2.05) is 19.1 Å². The van der Waals surface area contributed by atoms with Gasteiger partial charge in [0, 0.05) is 12.3 Å². The normalized spacial score (nSPS) is 11.4. The summed E-state index contributed by atoms with van der Waals surface area (Å²) in [4.78, 5) is 0. The zero-order chi connectivity index (χ0) is 12.2. The summed E-state index contributed by atoms with van der Waals surface area (Å²) in [5, 5.41) is 3.64. The lowest BCUT2D eigenvalue weighted by molar-refractivity contribution is 0.597. The second-order valence-electron chi connectivity index (χ2n) is 3.65. The third kappa shape index (κ3) is 4.02. The quantitative estimate of drug-likeness (QED) is 0.886. The summed E-state index contributed by atoms with van der Waals surface area (Å²) in [6.45, 7) is 4.00. The molecule has 0 saturated heterocycles. The third-order valence-corrected chi connectivity index (χ3v) is 4.33. The number of aryl methyl sites for hydroxylation is 1. The average molecular weight is 262 g/mol. The number of nitrogens with one attached hydrogen (secondary N) is 1. The van der Waals surface area contributed by atoms with Crippen molar-refractivity contribution in [1.29, 1.82) is 0 Å². The Labute approximate surface area is 102 Å². The first-order valence-corrected chi connectivity index (χ1v) is 7.35. The van der Waals surface area contributed by atoms with Gasteiger partial charge in [-0.3, -0.25) is 0 Å². The number of rotatable bonds is 5. The summed E-state index contributed by atoms with van der Waals surface area (Å²) in [6.07, 6.45) is 0. The van der Waals surface area contributed by atoms with E-state index in [4.69, 9.17) is 11.6 Å². The second-order valence-corrected chi connectivity index (χ2v) is 6.53. The van der Waals surface area contributed by atoms with Crippen LogP contribution in [0.1, 0.15) is 12.5 Å². The van der Waals surface area contributed by atoms with Crippen LogP contribution in [-0.2, 0) is 9.84 Å².